The second-order valence-corrected chi connectivity index (χ2v) is 10.2. The van der Waals surface area contributed by atoms with E-state index in [1.54, 1.807) is 0 Å². The van der Waals surface area contributed by atoms with E-state index in [0.717, 1.165) is 57.6 Å². The summed E-state index contributed by atoms with van der Waals surface area (Å²) in [5.74, 6) is 1.48. The minimum Gasteiger partial charge on any atom is -0.444 e. The summed E-state index contributed by atoms with van der Waals surface area (Å²) in [5.41, 5.74) is -0.432. The lowest BCUT2D eigenvalue weighted by Crippen LogP contribution is -2.46. The molecule has 1 atom stereocenters. The highest BCUT2D eigenvalue weighted by molar-refractivity contribution is 5.80. The molecule has 0 aromatic heterocycles. The van der Waals surface area contributed by atoms with Crippen LogP contribution in [0.5, 0.6) is 0 Å². The number of likely N-dealkylation sites (tertiary alicyclic amines) is 2. The van der Waals surface area contributed by atoms with Gasteiger partial charge in [-0.05, 0) is 65.7 Å². The molecule has 0 aromatic carbocycles. The minimum absolute atomic E-state index is 0.187. The molecule has 2 heterocycles. The topological polar surface area (TPSA) is 69.2 Å². The summed E-state index contributed by atoms with van der Waals surface area (Å²) >= 11 is 0. The Balaban J connectivity index is 1.42. The SMILES string of the molecule is CCNC(=NCC1CCN(C(=O)OC(C)(C)C)CC1)NC1CCN(C2CCCC2)C1. The van der Waals surface area contributed by atoms with Crippen molar-refractivity contribution >= 4 is 12.1 Å². The second kappa shape index (κ2) is 10.7. The Labute approximate surface area is 183 Å². The summed E-state index contributed by atoms with van der Waals surface area (Å²) in [7, 11) is 0. The van der Waals surface area contributed by atoms with Gasteiger partial charge in [0.25, 0.3) is 0 Å². The van der Waals surface area contributed by atoms with Gasteiger partial charge in [0.05, 0.1) is 0 Å². The molecule has 1 saturated carbocycles. The first-order valence-corrected chi connectivity index (χ1v) is 12.1. The van der Waals surface area contributed by atoms with E-state index in [2.05, 4.69) is 22.5 Å². The van der Waals surface area contributed by atoms with E-state index in [1.807, 2.05) is 25.7 Å². The maximum absolute atomic E-state index is 12.2. The third-order valence-electron chi connectivity index (χ3n) is 6.52. The first kappa shape index (κ1) is 23.2. The molecule has 0 radical (unpaired) electrons. The van der Waals surface area contributed by atoms with Crippen molar-refractivity contribution < 1.29 is 9.53 Å². The fourth-order valence-corrected chi connectivity index (χ4v) is 4.86. The highest BCUT2D eigenvalue weighted by Gasteiger charge is 2.30. The zero-order chi connectivity index (χ0) is 21.6. The van der Waals surface area contributed by atoms with Crippen molar-refractivity contribution in [2.24, 2.45) is 10.9 Å². The number of nitrogens with one attached hydrogen (secondary N) is 2. The van der Waals surface area contributed by atoms with Gasteiger partial charge in [-0.1, -0.05) is 12.8 Å². The van der Waals surface area contributed by atoms with Crippen molar-refractivity contribution in [3.8, 4) is 0 Å². The molecule has 1 unspecified atom stereocenters. The summed E-state index contributed by atoms with van der Waals surface area (Å²) < 4.78 is 5.50. The van der Waals surface area contributed by atoms with Crippen LogP contribution in [-0.2, 0) is 4.74 Å². The number of guanidine groups is 1. The van der Waals surface area contributed by atoms with Gasteiger partial charge in [0, 0.05) is 51.4 Å². The van der Waals surface area contributed by atoms with Gasteiger partial charge in [0.2, 0.25) is 0 Å². The average molecular weight is 422 g/mol. The number of ether oxygens (including phenoxy) is 1. The zero-order valence-corrected chi connectivity index (χ0v) is 19.6. The lowest BCUT2D eigenvalue weighted by atomic mass is 9.97. The third kappa shape index (κ3) is 7.03. The molecule has 172 valence electrons. The van der Waals surface area contributed by atoms with Gasteiger partial charge in [-0.2, -0.15) is 0 Å². The fraction of sp³-hybridized carbons (Fsp3) is 0.913. The molecule has 3 fully saturated rings. The predicted octanol–water partition coefficient (Wildman–Crippen LogP) is 3.21. The lowest BCUT2D eigenvalue weighted by Gasteiger charge is -2.33. The van der Waals surface area contributed by atoms with Crippen LogP contribution < -0.4 is 10.6 Å². The van der Waals surface area contributed by atoms with Crippen LogP contribution >= 0.6 is 0 Å². The summed E-state index contributed by atoms with van der Waals surface area (Å²) in [5, 5.41) is 7.10. The fourth-order valence-electron chi connectivity index (χ4n) is 4.86. The molecule has 30 heavy (non-hydrogen) atoms. The van der Waals surface area contributed by atoms with E-state index >= 15 is 0 Å². The molecule has 0 bridgehead atoms. The smallest absolute Gasteiger partial charge is 0.410 e. The van der Waals surface area contributed by atoms with Crippen LogP contribution in [0.3, 0.4) is 0 Å². The standard InChI is InChI=1S/C23H43N5O2/c1-5-24-21(26-19-12-15-28(17-19)20-8-6-7-9-20)25-16-18-10-13-27(14-11-18)22(29)30-23(2,3)4/h18-20H,5-17H2,1-4H3,(H2,24,25,26). The number of carbonyl (C=O) groups excluding carboxylic acids is 1. The van der Waals surface area contributed by atoms with Crippen LogP contribution in [0.1, 0.15) is 72.6 Å². The average Bonchev–Trinajstić information content (AvgIpc) is 3.37. The number of amides is 1. The lowest BCUT2D eigenvalue weighted by molar-refractivity contribution is 0.0187. The predicted molar refractivity (Wildman–Crippen MR) is 122 cm³/mol. The minimum atomic E-state index is -0.432. The second-order valence-electron chi connectivity index (χ2n) is 10.2. The highest BCUT2D eigenvalue weighted by Crippen LogP contribution is 2.26. The van der Waals surface area contributed by atoms with Crippen molar-refractivity contribution in [2.75, 3.05) is 39.3 Å². The monoisotopic (exact) mass is 421 g/mol. The van der Waals surface area contributed by atoms with Gasteiger partial charge in [0.1, 0.15) is 5.60 Å². The van der Waals surface area contributed by atoms with E-state index in [4.69, 9.17) is 9.73 Å². The van der Waals surface area contributed by atoms with Crippen LogP contribution in [0.25, 0.3) is 0 Å². The number of rotatable bonds is 5. The van der Waals surface area contributed by atoms with E-state index < -0.39 is 5.60 Å². The van der Waals surface area contributed by atoms with E-state index in [-0.39, 0.29) is 6.09 Å². The van der Waals surface area contributed by atoms with Crippen LogP contribution in [0.2, 0.25) is 0 Å². The van der Waals surface area contributed by atoms with Crippen molar-refractivity contribution in [3.63, 3.8) is 0 Å². The molecule has 2 aliphatic heterocycles. The number of carbonyl (C=O) groups is 1. The van der Waals surface area contributed by atoms with Crippen LogP contribution in [0, 0.1) is 5.92 Å². The molecule has 3 aliphatic rings. The number of piperidine rings is 1. The summed E-state index contributed by atoms with van der Waals surface area (Å²) in [6.07, 6.45) is 8.54. The number of hydrogen-bond acceptors (Lipinski definition) is 4. The normalized spacial score (nSPS) is 25.0. The van der Waals surface area contributed by atoms with E-state index in [1.165, 1.54) is 38.6 Å². The maximum Gasteiger partial charge on any atom is 0.410 e. The Morgan fingerprint density at radius 3 is 2.40 bits per heavy atom. The van der Waals surface area contributed by atoms with Gasteiger partial charge in [-0.15, -0.1) is 0 Å². The Morgan fingerprint density at radius 1 is 1.07 bits per heavy atom. The zero-order valence-electron chi connectivity index (χ0n) is 19.6. The van der Waals surface area contributed by atoms with E-state index in [9.17, 15) is 4.79 Å². The quantitative estimate of drug-likeness (QED) is 0.527. The molecule has 0 spiro atoms. The van der Waals surface area contributed by atoms with Crippen molar-refractivity contribution in [1.82, 2.24) is 20.4 Å². The maximum atomic E-state index is 12.2. The van der Waals surface area contributed by atoms with Crippen molar-refractivity contribution in [2.45, 2.75) is 90.3 Å². The first-order chi connectivity index (χ1) is 14.3. The number of hydrogen-bond donors (Lipinski definition) is 2. The van der Waals surface area contributed by atoms with Gasteiger partial charge in [-0.3, -0.25) is 9.89 Å². The van der Waals surface area contributed by atoms with E-state index in [0.29, 0.717) is 12.0 Å². The molecule has 2 saturated heterocycles. The number of aliphatic imine (C=N–C) groups is 1. The number of nitrogens with zero attached hydrogens (tertiary/aromatic N) is 3. The Hall–Kier alpha value is -1.50. The molecule has 3 rings (SSSR count). The molecule has 1 aliphatic carbocycles. The van der Waals surface area contributed by atoms with Crippen molar-refractivity contribution in [3.05, 3.63) is 0 Å². The molecular weight excluding hydrogens is 378 g/mol. The summed E-state index contributed by atoms with van der Waals surface area (Å²) in [6.45, 7) is 13.4. The van der Waals surface area contributed by atoms with Gasteiger partial charge >= 0.3 is 6.09 Å². The largest absolute Gasteiger partial charge is 0.444 e. The Bertz CT molecular complexity index is 575. The molecule has 0 aromatic rings. The highest BCUT2D eigenvalue weighted by atomic mass is 16.6. The third-order valence-corrected chi connectivity index (χ3v) is 6.52. The summed E-state index contributed by atoms with van der Waals surface area (Å²) in [4.78, 5) is 21.7. The summed E-state index contributed by atoms with van der Waals surface area (Å²) in [6, 6.07) is 1.31. The van der Waals surface area contributed by atoms with Crippen molar-refractivity contribution in [1.29, 1.82) is 0 Å². The van der Waals surface area contributed by atoms with Gasteiger partial charge in [0.15, 0.2) is 5.96 Å². The van der Waals surface area contributed by atoms with Gasteiger partial charge in [-0.25, -0.2) is 4.79 Å². The van der Waals surface area contributed by atoms with Gasteiger partial charge < -0.3 is 20.3 Å². The Kier molecular flexibility index (Phi) is 8.26. The Morgan fingerprint density at radius 2 is 1.77 bits per heavy atom. The van der Waals surface area contributed by atoms with Crippen LogP contribution in [0.4, 0.5) is 4.79 Å². The van der Waals surface area contributed by atoms with Crippen LogP contribution in [-0.4, -0.2) is 78.8 Å². The first-order valence-electron chi connectivity index (χ1n) is 12.1. The molecule has 1 amide bonds. The van der Waals surface area contributed by atoms with Crippen LogP contribution in [0.15, 0.2) is 4.99 Å². The molecular formula is C23H43N5O2. The molecule has 7 nitrogen and oxygen atoms in total. The molecule has 7 heteroatoms. The molecule has 2 N–H and O–H groups in total.